The lowest BCUT2D eigenvalue weighted by molar-refractivity contribution is -0.216. The summed E-state index contributed by atoms with van der Waals surface area (Å²) in [6.45, 7) is 4.03. The molecule has 4 nitrogen and oxygen atoms in total. The second kappa shape index (κ2) is 13.2. The summed E-state index contributed by atoms with van der Waals surface area (Å²) >= 11 is 0. The molecule has 0 spiro atoms. The number of hydrogen-bond donors (Lipinski definition) is 0. The van der Waals surface area contributed by atoms with Gasteiger partial charge in [0.15, 0.2) is 6.29 Å². The van der Waals surface area contributed by atoms with Gasteiger partial charge in [0.05, 0.1) is 30.4 Å². The second-order valence-corrected chi connectivity index (χ2v) is 10.9. The van der Waals surface area contributed by atoms with Crippen LogP contribution in [0.25, 0.3) is 0 Å². The van der Waals surface area contributed by atoms with Gasteiger partial charge in [-0.25, -0.2) is 0 Å². The maximum absolute atomic E-state index is 13.4. The molecule has 0 unspecified atom stereocenters. The van der Waals surface area contributed by atoms with E-state index in [4.69, 9.17) is 9.47 Å². The third kappa shape index (κ3) is 7.72. The average molecular weight is 593 g/mol. The highest BCUT2D eigenvalue weighted by molar-refractivity contribution is 5.33. The van der Waals surface area contributed by atoms with E-state index >= 15 is 0 Å². The molecule has 10 heteroatoms. The van der Waals surface area contributed by atoms with E-state index in [-0.39, 0.29) is 17.7 Å². The van der Waals surface area contributed by atoms with Crippen LogP contribution in [-0.4, -0.2) is 55.4 Å². The van der Waals surface area contributed by atoms with Crippen LogP contribution in [-0.2, 0) is 28.4 Å². The largest absolute Gasteiger partial charge is 0.416 e. The molecule has 5 rings (SSSR count). The highest BCUT2D eigenvalue weighted by atomic mass is 19.4. The lowest BCUT2D eigenvalue weighted by Crippen LogP contribution is -2.49. The molecule has 226 valence electrons. The summed E-state index contributed by atoms with van der Waals surface area (Å²) in [6, 6.07) is 21.2. The summed E-state index contributed by atoms with van der Waals surface area (Å²) in [5, 5.41) is 0. The van der Waals surface area contributed by atoms with E-state index < -0.39 is 36.4 Å². The summed E-state index contributed by atoms with van der Waals surface area (Å²) in [5.41, 5.74) is -0.663. The summed E-state index contributed by atoms with van der Waals surface area (Å²) in [5.74, 6) is 0.550. The zero-order chi connectivity index (χ0) is 29.7. The van der Waals surface area contributed by atoms with Gasteiger partial charge in [-0.05, 0) is 66.7 Å². The van der Waals surface area contributed by atoms with Gasteiger partial charge in [0, 0.05) is 19.6 Å². The zero-order valence-electron chi connectivity index (χ0n) is 23.1. The Hall–Kier alpha value is -2.92. The quantitative estimate of drug-likeness (QED) is 0.253. The Kier molecular flexibility index (Phi) is 9.57. The smallest absolute Gasteiger partial charge is 0.349 e. The van der Waals surface area contributed by atoms with E-state index in [1.165, 1.54) is 5.56 Å². The number of likely N-dealkylation sites (tertiary alicyclic amines) is 1. The number of ether oxygens (including phenoxy) is 2. The molecular weight excluding hydrogens is 558 g/mol. The highest BCUT2D eigenvalue weighted by Gasteiger charge is 2.38. The van der Waals surface area contributed by atoms with Crippen LogP contribution < -0.4 is 0 Å². The van der Waals surface area contributed by atoms with Crippen molar-refractivity contribution in [3.05, 3.63) is 107 Å². The third-order valence-corrected chi connectivity index (χ3v) is 8.08. The maximum atomic E-state index is 13.4. The Morgan fingerprint density at radius 3 is 1.86 bits per heavy atom. The van der Waals surface area contributed by atoms with E-state index in [0.717, 1.165) is 44.6 Å². The standard InChI is InChI=1S/C32H34F6N2O2/c33-31(34,35)27-19-23(20-28(21-27)32(36,37)38)22-42-30-29(26-9-5-2-6-10-26)40(17-18-41-30)16-15-39-13-11-25(12-14-39)24-7-3-1-4-8-24/h1-10,19-21,25,29-30H,11-18,22H2/t29-,30+/m0/s1. The van der Waals surface area contributed by atoms with Crippen molar-refractivity contribution in [2.24, 2.45) is 0 Å². The predicted octanol–water partition coefficient (Wildman–Crippen LogP) is 7.52. The van der Waals surface area contributed by atoms with Crippen molar-refractivity contribution in [1.82, 2.24) is 9.80 Å². The highest BCUT2D eigenvalue weighted by Crippen LogP contribution is 2.37. The van der Waals surface area contributed by atoms with Gasteiger partial charge in [0.1, 0.15) is 0 Å². The third-order valence-electron chi connectivity index (χ3n) is 8.08. The first kappa shape index (κ1) is 30.5. The minimum absolute atomic E-state index is 0.123. The lowest BCUT2D eigenvalue weighted by Gasteiger charge is -2.42. The summed E-state index contributed by atoms with van der Waals surface area (Å²) in [6.07, 6.45) is -8.55. The number of rotatable bonds is 8. The van der Waals surface area contributed by atoms with Crippen molar-refractivity contribution in [3.8, 4) is 0 Å². The van der Waals surface area contributed by atoms with Gasteiger partial charge in [0.2, 0.25) is 0 Å². The van der Waals surface area contributed by atoms with Crippen LogP contribution >= 0.6 is 0 Å². The van der Waals surface area contributed by atoms with Crippen molar-refractivity contribution in [2.45, 2.75) is 50.1 Å². The van der Waals surface area contributed by atoms with E-state index in [2.05, 4.69) is 34.1 Å². The maximum Gasteiger partial charge on any atom is 0.416 e. The van der Waals surface area contributed by atoms with Gasteiger partial charge in [0.25, 0.3) is 0 Å². The van der Waals surface area contributed by atoms with Gasteiger partial charge in [-0.1, -0.05) is 60.7 Å². The van der Waals surface area contributed by atoms with Crippen LogP contribution in [0.1, 0.15) is 52.6 Å². The fourth-order valence-electron chi connectivity index (χ4n) is 5.86. The molecule has 0 amide bonds. The van der Waals surface area contributed by atoms with Gasteiger partial charge >= 0.3 is 12.4 Å². The lowest BCUT2D eigenvalue weighted by atomic mass is 9.89. The number of benzene rings is 3. The Morgan fingerprint density at radius 2 is 1.29 bits per heavy atom. The molecule has 2 atom stereocenters. The summed E-state index contributed by atoms with van der Waals surface area (Å²) < 4.78 is 92.1. The van der Waals surface area contributed by atoms with Crippen molar-refractivity contribution < 1.29 is 35.8 Å². The Balaban J connectivity index is 1.27. The van der Waals surface area contributed by atoms with Crippen LogP contribution in [0.3, 0.4) is 0 Å². The van der Waals surface area contributed by atoms with Crippen LogP contribution in [0.4, 0.5) is 26.3 Å². The van der Waals surface area contributed by atoms with Crippen LogP contribution in [0.2, 0.25) is 0 Å². The topological polar surface area (TPSA) is 24.9 Å². The van der Waals surface area contributed by atoms with E-state index in [9.17, 15) is 26.3 Å². The van der Waals surface area contributed by atoms with Crippen molar-refractivity contribution in [2.75, 3.05) is 39.3 Å². The number of piperidine rings is 1. The molecule has 0 aromatic heterocycles. The average Bonchev–Trinajstić information content (AvgIpc) is 2.99. The first-order valence-corrected chi connectivity index (χ1v) is 14.2. The van der Waals surface area contributed by atoms with Gasteiger partial charge in [-0.2, -0.15) is 26.3 Å². The molecule has 0 N–H and O–H groups in total. The van der Waals surface area contributed by atoms with Crippen molar-refractivity contribution in [3.63, 3.8) is 0 Å². The predicted molar refractivity (Wildman–Crippen MR) is 147 cm³/mol. The molecule has 3 aromatic carbocycles. The molecule has 3 aromatic rings. The Labute approximate surface area is 241 Å². The number of halogens is 6. The monoisotopic (exact) mass is 592 g/mol. The summed E-state index contributed by atoms with van der Waals surface area (Å²) in [4.78, 5) is 4.67. The molecule has 2 heterocycles. The second-order valence-electron chi connectivity index (χ2n) is 10.9. The Morgan fingerprint density at radius 1 is 0.714 bits per heavy atom. The minimum Gasteiger partial charge on any atom is -0.349 e. The molecule has 2 aliphatic rings. The van der Waals surface area contributed by atoms with Crippen molar-refractivity contribution in [1.29, 1.82) is 0 Å². The number of nitrogens with zero attached hydrogens (tertiary/aromatic N) is 2. The van der Waals surface area contributed by atoms with Gasteiger partial charge in [-0.3, -0.25) is 4.90 Å². The fourth-order valence-corrected chi connectivity index (χ4v) is 5.86. The van der Waals surface area contributed by atoms with Crippen LogP contribution in [0.5, 0.6) is 0 Å². The van der Waals surface area contributed by atoms with Crippen LogP contribution in [0, 0.1) is 0 Å². The number of hydrogen-bond acceptors (Lipinski definition) is 4. The first-order valence-electron chi connectivity index (χ1n) is 14.2. The van der Waals surface area contributed by atoms with Gasteiger partial charge in [-0.15, -0.1) is 0 Å². The van der Waals surface area contributed by atoms with E-state index in [1.54, 1.807) is 0 Å². The SMILES string of the molecule is FC(F)(F)c1cc(CO[C@H]2OCCN(CCN3CCC(c4ccccc4)CC3)[C@H]2c2ccccc2)cc(C(F)(F)F)c1. The summed E-state index contributed by atoms with van der Waals surface area (Å²) in [7, 11) is 0. The number of morpholine rings is 1. The fraction of sp³-hybridized carbons (Fsp3) is 0.438. The van der Waals surface area contributed by atoms with E-state index in [1.807, 2.05) is 36.4 Å². The minimum atomic E-state index is -4.92. The van der Waals surface area contributed by atoms with Gasteiger partial charge < -0.3 is 14.4 Å². The zero-order valence-corrected chi connectivity index (χ0v) is 23.1. The Bertz CT molecular complexity index is 1250. The molecule has 2 saturated heterocycles. The molecule has 0 aliphatic carbocycles. The molecular formula is C32H34F6N2O2. The van der Waals surface area contributed by atoms with Crippen LogP contribution in [0.15, 0.2) is 78.9 Å². The molecule has 0 radical (unpaired) electrons. The first-order chi connectivity index (χ1) is 20.1. The molecule has 0 bridgehead atoms. The molecule has 42 heavy (non-hydrogen) atoms. The number of alkyl halides is 6. The van der Waals surface area contributed by atoms with Crippen molar-refractivity contribution >= 4 is 0 Å². The molecule has 2 aliphatic heterocycles. The molecule has 0 saturated carbocycles. The normalized spacial score (nSPS) is 21.5. The van der Waals surface area contributed by atoms with E-state index in [0.29, 0.717) is 31.2 Å². The molecule has 2 fully saturated rings.